The van der Waals surface area contributed by atoms with Gasteiger partial charge in [-0.05, 0) is 43.0 Å². The highest BCUT2D eigenvalue weighted by Crippen LogP contribution is 2.27. The summed E-state index contributed by atoms with van der Waals surface area (Å²) in [5.41, 5.74) is 2.13. The first-order chi connectivity index (χ1) is 8.38. The number of sulfonamides is 1. The number of rotatable bonds is 4. The second kappa shape index (κ2) is 4.90. The molecule has 1 aliphatic heterocycles. The van der Waals surface area contributed by atoms with Gasteiger partial charge in [-0.3, -0.25) is 0 Å². The van der Waals surface area contributed by atoms with Crippen molar-refractivity contribution in [3.63, 3.8) is 0 Å². The summed E-state index contributed by atoms with van der Waals surface area (Å²) in [6, 6.07) is 5.66. The summed E-state index contributed by atoms with van der Waals surface area (Å²) in [4.78, 5) is 0.359. The van der Waals surface area contributed by atoms with Gasteiger partial charge in [-0.15, -0.1) is 0 Å². The highest BCUT2D eigenvalue weighted by atomic mass is 32.2. The van der Waals surface area contributed by atoms with Gasteiger partial charge in [0.05, 0.1) is 4.90 Å². The Morgan fingerprint density at radius 1 is 1.44 bits per heavy atom. The molecule has 2 rings (SSSR count). The van der Waals surface area contributed by atoms with Crippen molar-refractivity contribution in [3.05, 3.63) is 23.8 Å². The quantitative estimate of drug-likeness (QED) is 0.878. The van der Waals surface area contributed by atoms with Crippen LogP contribution in [0.5, 0.6) is 0 Å². The Labute approximate surface area is 109 Å². The second-order valence-corrected chi connectivity index (χ2v) is 7.08. The van der Waals surface area contributed by atoms with E-state index in [0.717, 1.165) is 17.7 Å². The van der Waals surface area contributed by atoms with E-state index in [1.165, 1.54) is 0 Å². The zero-order valence-electron chi connectivity index (χ0n) is 11.0. The lowest BCUT2D eigenvalue weighted by atomic mass is 10.1. The maximum Gasteiger partial charge on any atom is 0.240 e. The summed E-state index contributed by atoms with van der Waals surface area (Å²) in [6.07, 6.45) is 0.878. The molecule has 100 valence electrons. The third-order valence-electron chi connectivity index (χ3n) is 3.00. The molecule has 0 amide bonds. The number of benzene rings is 1. The Balaban J connectivity index is 2.22. The first-order valence-electron chi connectivity index (χ1n) is 6.27. The largest absolute Gasteiger partial charge is 0.382 e. The fourth-order valence-corrected chi connectivity index (χ4v) is 3.32. The van der Waals surface area contributed by atoms with E-state index in [9.17, 15) is 8.42 Å². The Bertz CT molecular complexity index is 538. The molecular formula is C13H20N2O2S. The molecular weight excluding hydrogens is 248 g/mol. The van der Waals surface area contributed by atoms with Crippen LogP contribution in [0.3, 0.4) is 0 Å². The van der Waals surface area contributed by atoms with E-state index in [2.05, 4.69) is 17.0 Å². The van der Waals surface area contributed by atoms with Crippen LogP contribution < -0.4 is 10.0 Å². The molecule has 0 bridgehead atoms. The predicted molar refractivity (Wildman–Crippen MR) is 73.3 cm³/mol. The van der Waals surface area contributed by atoms with Gasteiger partial charge in [-0.1, -0.05) is 13.8 Å². The van der Waals surface area contributed by atoms with Crippen molar-refractivity contribution in [2.45, 2.75) is 38.1 Å². The van der Waals surface area contributed by atoms with Crippen molar-refractivity contribution in [2.24, 2.45) is 5.92 Å². The Kier molecular flexibility index (Phi) is 3.64. The molecule has 0 radical (unpaired) electrons. The van der Waals surface area contributed by atoms with Crippen LogP contribution in [0.1, 0.15) is 26.3 Å². The molecule has 0 aliphatic carbocycles. The Hall–Kier alpha value is -1.07. The van der Waals surface area contributed by atoms with Gasteiger partial charge in [0.2, 0.25) is 10.0 Å². The molecule has 1 atom stereocenters. The van der Waals surface area contributed by atoms with Gasteiger partial charge in [-0.25, -0.2) is 13.1 Å². The molecule has 0 spiro atoms. The van der Waals surface area contributed by atoms with Crippen molar-refractivity contribution in [1.29, 1.82) is 0 Å². The molecule has 4 nitrogen and oxygen atoms in total. The SMILES string of the molecule is CC(C)CNS(=O)(=O)c1ccc2c(c1)C[C@H](C)N2. The van der Waals surface area contributed by atoms with E-state index >= 15 is 0 Å². The van der Waals surface area contributed by atoms with Gasteiger partial charge >= 0.3 is 0 Å². The van der Waals surface area contributed by atoms with Crippen LogP contribution >= 0.6 is 0 Å². The van der Waals surface area contributed by atoms with E-state index in [-0.39, 0.29) is 0 Å². The number of hydrogen-bond acceptors (Lipinski definition) is 3. The van der Waals surface area contributed by atoms with Crippen LogP contribution in [0.25, 0.3) is 0 Å². The minimum Gasteiger partial charge on any atom is -0.382 e. The topological polar surface area (TPSA) is 58.2 Å². The van der Waals surface area contributed by atoms with Crippen molar-refractivity contribution in [1.82, 2.24) is 4.72 Å². The smallest absolute Gasteiger partial charge is 0.240 e. The summed E-state index contributed by atoms with van der Waals surface area (Å²) in [5.74, 6) is 0.302. The molecule has 0 fully saturated rings. The van der Waals surface area contributed by atoms with E-state index in [0.29, 0.717) is 23.4 Å². The van der Waals surface area contributed by atoms with Gasteiger partial charge in [0.15, 0.2) is 0 Å². The van der Waals surface area contributed by atoms with Crippen molar-refractivity contribution in [2.75, 3.05) is 11.9 Å². The van der Waals surface area contributed by atoms with Gasteiger partial charge in [-0.2, -0.15) is 0 Å². The van der Waals surface area contributed by atoms with E-state index in [1.54, 1.807) is 12.1 Å². The molecule has 1 heterocycles. The van der Waals surface area contributed by atoms with Crippen molar-refractivity contribution in [3.8, 4) is 0 Å². The maximum atomic E-state index is 12.1. The van der Waals surface area contributed by atoms with Gasteiger partial charge in [0, 0.05) is 18.3 Å². The zero-order valence-corrected chi connectivity index (χ0v) is 11.8. The van der Waals surface area contributed by atoms with Gasteiger partial charge < -0.3 is 5.32 Å². The normalized spacial score (nSPS) is 18.8. The van der Waals surface area contributed by atoms with Crippen LogP contribution in [0.4, 0.5) is 5.69 Å². The Morgan fingerprint density at radius 2 is 2.17 bits per heavy atom. The highest BCUT2D eigenvalue weighted by molar-refractivity contribution is 7.89. The number of fused-ring (bicyclic) bond motifs is 1. The van der Waals surface area contributed by atoms with Crippen LogP contribution in [0, 0.1) is 5.92 Å². The second-order valence-electron chi connectivity index (χ2n) is 5.31. The van der Waals surface area contributed by atoms with Crippen molar-refractivity contribution >= 4 is 15.7 Å². The molecule has 1 aliphatic rings. The molecule has 5 heteroatoms. The summed E-state index contributed by atoms with van der Waals surface area (Å²) in [6.45, 7) is 6.52. The Morgan fingerprint density at radius 3 is 2.83 bits per heavy atom. The fraction of sp³-hybridized carbons (Fsp3) is 0.538. The molecule has 0 unspecified atom stereocenters. The first-order valence-corrected chi connectivity index (χ1v) is 7.76. The lowest BCUT2D eigenvalue weighted by Gasteiger charge is -2.10. The fourth-order valence-electron chi connectivity index (χ4n) is 2.05. The van der Waals surface area contributed by atoms with E-state index in [4.69, 9.17) is 0 Å². The lowest BCUT2D eigenvalue weighted by Crippen LogP contribution is -2.27. The van der Waals surface area contributed by atoms with Gasteiger partial charge in [0.1, 0.15) is 0 Å². The summed E-state index contributed by atoms with van der Waals surface area (Å²) in [5, 5.41) is 3.31. The summed E-state index contributed by atoms with van der Waals surface area (Å²) >= 11 is 0. The van der Waals surface area contributed by atoms with Crippen LogP contribution in [0.15, 0.2) is 23.1 Å². The third kappa shape index (κ3) is 2.84. The molecule has 1 aromatic carbocycles. The zero-order chi connectivity index (χ0) is 13.3. The minimum absolute atomic E-state index is 0.302. The number of anilines is 1. The molecule has 0 saturated heterocycles. The number of hydrogen-bond donors (Lipinski definition) is 2. The van der Waals surface area contributed by atoms with E-state index in [1.807, 2.05) is 19.9 Å². The number of nitrogens with one attached hydrogen (secondary N) is 2. The monoisotopic (exact) mass is 268 g/mol. The molecule has 2 N–H and O–H groups in total. The summed E-state index contributed by atoms with van der Waals surface area (Å²) < 4.78 is 26.8. The first kappa shape index (κ1) is 13.4. The predicted octanol–water partition coefficient (Wildman–Crippen LogP) is 1.98. The molecule has 0 saturated carbocycles. The molecule has 1 aromatic rings. The average molecular weight is 268 g/mol. The van der Waals surface area contributed by atoms with Gasteiger partial charge in [0.25, 0.3) is 0 Å². The standard InChI is InChI=1S/C13H20N2O2S/c1-9(2)8-14-18(16,17)12-4-5-13-11(7-12)6-10(3)15-13/h4-5,7,9-10,14-15H,6,8H2,1-3H3/t10-/m0/s1. The summed E-state index contributed by atoms with van der Waals surface area (Å²) in [7, 11) is -3.37. The highest BCUT2D eigenvalue weighted by Gasteiger charge is 2.21. The minimum atomic E-state index is -3.37. The molecule has 18 heavy (non-hydrogen) atoms. The van der Waals surface area contributed by atoms with Crippen LogP contribution in [0.2, 0.25) is 0 Å². The lowest BCUT2D eigenvalue weighted by molar-refractivity contribution is 0.560. The van der Waals surface area contributed by atoms with Crippen molar-refractivity contribution < 1.29 is 8.42 Å². The van der Waals surface area contributed by atoms with Crippen LogP contribution in [-0.4, -0.2) is 21.0 Å². The molecule has 0 aromatic heterocycles. The average Bonchev–Trinajstić information content (AvgIpc) is 2.65. The van der Waals surface area contributed by atoms with E-state index < -0.39 is 10.0 Å². The maximum absolute atomic E-state index is 12.1. The third-order valence-corrected chi connectivity index (χ3v) is 4.42. The van der Waals surface area contributed by atoms with Crippen LogP contribution in [-0.2, 0) is 16.4 Å².